The van der Waals surface area contributed by atoms with Crippen molar-refractivity contribution in [1.29, 1.82) is 0 Å². The molecule has 1 heterocycles. The molecule has 0 aromatic heterocycles. The second-order valence-corrected chi connectivity index (χ2v) is 5.23. The van der Waals surface area contributed by atoms with Crippen LogP contribution in [0.4, 0.5) is 0 Å². The first-order valence-corrected chi connectivity index (χ1v) is 6.81. The van der Waals surface area contributed by atoms with E-state index in [0.29, 0.717) is 26.4 Å². The summed E-state index contributed by atoms with van der Waals surface area (Å²) in [5.74, 6) is 0.0785. The number of rotatable bonds is 8. The molecule has 0 aromatic rings. The third-order valence-corrected chi connectivity index (χ3v) is 3.34. The highest BCUT2D eigenvalue weighted by molar-refractivity contribution is 5.83. The Morgan fingerprint density at radius 1 is 1.42 bits per heavy atom. The van der Waals surface area contributed by atoms with E-state index in [1.54, 1.807) is 7.11 Å². The van der Waals surface area contributed by atoms with Crippen LogP contribution in [0, 0.1) is 5.41 Å². The Bertz CT molecular complexity index is 294. The minimum Gasteiger partial charge on any atom is -0.384 e. The average molecular weight is 270 g/mol. The van der Waals surface area contributed by atoms with Crippen LogP contribution >= 0.6 is 0 Å². The van der Waals surface area contributed by atoms with Gasteiger partial charge in [-0.3, -0.25) is 4.79 Å². The van der Waals surface area contributed by atoms with Gasteiger partial charge in [0.05, 0.1) is 25.2 Å². The molecule has 5 heteroatoms. The standard InChI is InChI=1S/C14H26N2O3/c1-12(2)10-19-9-8-16-13(17)14(11-18-3)4-6-15-7-5-14/h15H,1,4-11H2,2-3H3,(H,16,17). The average Bonchev–Trinajstić information content (AvgIpc) is 2.39. The molecule has 0 radical (unpaired) electrons. The van der Waals surface area contributed by atoms with E-state index in [9.17, 15) is 4.79 Å². The molecule has 110 valence electrons. The fraction of sp³-hybridized carbons (Fsp3) is 0.786. The summed E-state index contributed by atoms with van der Waals surface area (Å²) in [5, 5.41) is 6.22. The molecule has 1 aliphatic heterocycles. The number of piperidine rings is 1. The van der Waals surface area contributed by atoms with E-state index >= 15 is 0 Å². The summed E-state index contributed by atoms with van der Waals surface area (Å²) in [5.41, 5.74) is 0.606. The summed E-state index contributed by atoms with van der Waals surface area (Å²) in [6.45, 7) is 9.48. The number of carbonyl (C=O) groups excluding carboxylic acids is 1. The van der Waals surface area contributed by atoms with Gasteiger partial charge in [0.25, 0.3) is 0 Å². The van der Waals surface area contributed by atoms with Crippen molar-refractivity contribution in [2.24, 2.45) is 5.41 Å². The second kappa shape index (κ2) is 8.30. The van der Waals surface area contributed by atoms with E-state index in [0.717, 1.165) is 31.5 Å². The van der Waals surface area contributed by atoms with Crippen LogP contribution < -0.4 is 10.6 Å². The van der Waals surface area contributed by atoms with Crippen molar-refractivity contribution in [2.45, 2.75) is 19.8 Å². The van der Waals surface area contributed by atoms with Gasteiger partial charge in [0, 0.05) is 13.7 Å². The molecule has 1 fully saturated rings. The number of carbonyl (C=O) groups is 1. The first-order valence-electron chi connectivity index (χ1n) is 6.81. The third kappa shape index (κ3) is 5.30. The zero-order valence-corrected chi connectivity index (χ0v) is 12.1. The van der Waals surface area contributed by atoms with Gasteiger partial charge in [-0.05, 0) is 32.9 Å². The number of hydrogen-bond donors (Lipinski definition) is 2. The molecule has 0 unspecified atom stereocenters. The van der Waals surface area contributed by atoms with Gasteiger partial charge in [-0.15, -0.1) is 0 Å². The molecule has 0 spiro atoms. The smallest absolute Gasteiger partial charge is 0.228 e. The molecule has 1 saturated heterocycles. The van der Waals surface area contributed by atoms with Crippen molar-refractivity contribution in [3.05, 3.63) is 12.2 Å². The Labute approximate surface area is 115 Å². The normalized spacial score (nSPS) is 18.0. The van der Waals surface area contributed by atoms with Gasteiger partial charge < -0.3 is 20.1 Å². The van der Waals surface area contributed by atoms with Gasteiger partial charge in [0.15, 0.2) is 0 Å². The summed E-state index contributed by atoms with van der Waals surface area (Å²) < 4.78 is 10.6. The lowest BCUT2D eigenvalue weighted by Gasteiger charge is -2.35. The van der Waals surface area contributed by atoms with Crippen molar-refractivity contribution in [3.8, 4) is 0 Å². The van der Waals surface area contributed by atoms with Crippen LogP contribution in [-0.2, 0) is 14.3 Å². The van der Waals surface area contributed by atoms with Gasteiger partial charge >= 0.3 is 0 Å². The zero-order chi connectivity index (χ0) is 14.1. The molecule has 0 saturated carbocycles. The van der Waals surface area contributed by atoms with Crippen molar-refractivity contribution in [2.75, 3.05) is 46.6 Å². The van der Waals surface area contributed by atoms with Crippen molar-refractivity contribution in [1.82, 2.24) is 10.6 Å². The number of nitrogens with one attached hydrogen (secondary N) is 2. The lowest BCUT2D eigenvalue weighted by molar-refractivity contribution is -0.136. The number of hydrogen-bond acceptors (Lipinski definition) is 4. The van der Waals surface area contributed by atoms with Crippen LogP contribution in [-0.4, -0.2) is 52.5 Å². The molecule has 2 N–H and O–H groups in total. The molecular weight excluding hydrogens is 244 g/mol. The van der Waals surface area contributed by atoms with Crippen LogP contribution in [0.5, 0.6) is 0 Å². The van der Waals surface area contributed by atoms with Crippen molar-refractivity contribution < 1.29 is 14.3 Å². The predicted octanol–water partition coefficient (Wildman–Crippen LogP) is 0.712. The van der Waals surface area contributed by atoms with Crippen LogP contribution in [0.1, 0.15) is 19.8 Å². The number of ether oxygens (including phenoxy) is 2. The Balaban J connectivity index is 2.33. The summed E-state index contributed by atoms with van der Waals surface area (Å²) in [6.07, 6.45) is 1.64. The highest BCUT2D eigenvalue weighted by Gasteiger charge is 2.39. The summed E-state index contributed by atoms with van der Waals surface area (Å²) in [6, 6.07) is 0. The molecule has 1 amide bonds. The maximum Gasteiger partial charge on any atom is 0.228 e. The van der Waals surface area contributed by atoms with Gasteiger partial charge in [0.1, 0.15) is 0 Å². The van der Waals surface area contributed by atoms with Crippen LogP contribution in [0.25, 0.3) is 0 Å². The minimum atomic E-state index is -0.381. The number of amides is 1. The zero-order valence-electron chi connectivity index (χ0n) is 12.1. The first kappa shape index (κ1) is 16.1. The number of methoxy groups -OCH3 is 1. The topological polar surface area (TPSA) is 59.6 Å². The molecule has 1 rings (SSSR count). The summed E-state index contributed by atoms with van der Waals surface area (Å²) in [7, 11) is 1.65. The summed E-state index contributed by atoms with van der Waals surface area (Å²) >= 11 is 0. The van der Waals surface area contributed by atoms with E-state index in [1.165, 1.54) is 0 Å². The summed E-state index contributed by atoms with van der Waals surface area (Å²) in [4.78, 5) is 12.3. The van der Waals surface area contributed by atoms with Gasteiger partial charge in [-0.25, -0.2) is 0 Å². The minimum absolute atomic E-state index is 0.0785. The monoisotopic (exact) mass is 270 g/mol. The van der Waals surface area contributed by atoms with Gasteiger partial charge in [0.2, 0.25) is 5.91 Å². The molecule has 19 heavy (non-hydrogen) atoms. The van der Waals surface area contributed by atoms with Gasteiger partial charge in [-0.1, -0.05) is 12.2 Å². The SMILES string of the molecule is C=C(C)COCCNC(=O)C1(COC)CCNCC1. The highest BCUT2D eigenvalue weighted by atomic mass is 16.5. The fourth-order valence-corrected chi connectivity index (χ4v) is 2.29. The van der Waals surface area contributed by atoms with E-state index in [1.807, 2.05) is 6.92 Å². The molecule has 0 aliphatic carbocycles. The quantitative estimate of drug-likeness (QED) is 0.504. The van der Waals surface area contributed by atoms with E-state index in [4.69, 9.17) is 9.47 Å². The third-order valence-electron chi connectivity index (χ3n) is 3.34. The molecular formula is C14H26N2O3. The lowest BCUT2D eigenvalue weighted by atomic mass is 9.78. The molecule has 0 atom stereocenters. The van der Waals surface area contributed by atoms with Crippen molar-refractivity contribution in [3.63, 3.8) is 0 Å². The van der Waals surface area contributed by atoms with Crippen LogP contribution in [0.2, 0.25) is 0 Å². The Kier molecular flexibility index (Phi) is 7.05. The molecule has 0 aromatic carbocycles. The van der Waals surface area contributed by atoms with Crippen LogP contribution in [0.3, 0.4) is 0 Å². The predicted molar refractivity (Wildman–Crippen MR) is 75.1 cm³/mol. The van der Waals surface area contributed by atoms with E-state index in [2.05, 4.69) is 17.2 Å². The Morgan fingerprint density at radius 2 is 2.11 bits per heavy atom. The fourth-order valence-electron chi connectivity index (χ4n) is 2.29. The Hall–Kier alpha value is -0.910. The van der Waals surface area contributed by atoms with Gasteiger partial charge in [-0.2, -0.15) is 0 Å². The maximum absolute atomic E-state index is 12.3. The molecule has 5 nitrogen and oxygen atoms in total. The maximum atomic E-state index is 12.3. The van der Waals surface area contributed by atoms with Crippen LogP contribution in [0.15, 0.2) is 12.2 Å². The van der Waals surface area contributed by atoms with E-state index in [-0.39, 0.29) is 11.3 Å². The molecule has 1 aliphatic rings. The second-order valence-electron chi connectivity index (χ2n) is 5.23. The molecule has 0 bridgehead atoms. The van der Waals surface area contributed by atoms with Crippen molar-refractivity contribution >= 4 is 5.91 Å². The van der Waals surface area contributed by atoms with E-state index < -0.39 is 0 Å². The highest BCUT2D eigenvalue weighted by Crippen LogP contribution is 2.29. The Morgan fingerprint density at radius 3 is 2.68 bits per heavy atom. The first-order chi connectivity index (χ1) is 9.10. The lowest BCUT2D eigenvalue weighted by Crippen LogP contribution is -2.50. The largest absolute Gasteiger partial charge is 0.384 e.